The molecule has 0 fully saturated rings. The standard InChI is InChI=1S/C34H67N7O5/c1-5-7-9-11-13-17-25-37-33(45)28(20-15-18-23-35-3)40-32(44)27-39-34(46)29(21-16-19-24-36-4)41-31(43)26-38-30(42)22-14-12-10-8-6-2/h28-29,35-36H,5-27H2,1-4H3,(H,37,45)(H,38,42)(H,39,46)(H,40,44)(H,41,43). The summed E-state index contributed by atoms with van der Waals surface area (Å²) >= 11 is 0. The molecule has 0 bridgehead atoms. The average molecular weight is 654 g/mol. The Morgan fingerprint density at radius 1 is 0.457 bits per heavy atom. The summed E-state index contributed by atoms with van der Waals surface area (Å²) in [6.07, 6.45) is 16.3. The van der Waals surface area contributed by atoms with Crippen molar-refractivity contribution in [3.8, 4) is 0 Å². The van der Waals surface area contributed by atoms with Crippen LogP contribution in [0.15, 0.2) is 0 Å². The van der Waals surface area contributed by atoms with E-state index in [1.54, 1.807) is 0 Å². The predicted octanol–water partition coefficient (Wildman–Crippen LogP) is 2.81. The van der Waals surface area contributed by atoms with E-state index in [1.807, 2.05) is 14.1 Å². The number of rotatable bonds is 31. The summed E-state index contributed by atoms with van der Waals surface area (Å²) in [5, 5.41) is 19.9. The molecule has 0 radical (unpaired) electrons. The van der Waals surface area contributed by atoms with Crippen molar-refractivity contribution in [3.05, 3.63) is 0 Å². The fraction of sp³-hybridized carbons (Fsp3) is 0.853. The highest BCUT2D eigenvalue weighted by atomic mass is 16.2. The van der Waals surface area contributed by atoms with Crippen LogP contribution in [-0.2, 0) is 24.0 Å². The minimum Gasteiger partial charge on any atom is -0.354 e. The third-order valence-electron chi connectivity index (χ3n) is 7.85. The smallest absolute Gasteiger partial charge is 0.243 e. The first-order chi connectivity index (χ1) is 22.3. The van der Waals surface area contributed by atoms with Crippen molar-refractivity contribution < 1.29 is 24.0 Å². The molecular weight excluding hydrogens is 586 g/mol. The summed E-state index contributed by atoms with van der Waals surface area (Å²) < 4.78 is 0. The SMILES string of the molecule is CCCCCCCCNC(=O)C(CCCCNC)NC(=O)CNC(=O)C(CCCCNC)NC(=O)CNC(=O)CCCCCCC. The van der Waals surface area contributed by atoms with E-state index < -0.39 is 29.8 Å². The van der Waals surface area contributed by atoms with Crippen LogP contribution >= 0.6 is 0 Å². The maximum Gasteiger partial charge on any atom is 0.243 e. The van der Waals surface area contributed by atoms with E-state index in [2.05, 4.69) is 51.1 Å². The van der Waals surface area contributed by atoms with Gasteiger partial charge in [0.1, 0.15) is 12.1 Å². The molecule has 0 aromatic rings. The maximum absolute atomic E-state index is 13.0. The second-order valence-electron chi connectivity index (χ2n) is 12.2. The van der Waals surface area contributed by atoms with Gasteiger partial charge >= 0.3 is 0 Å². The van der Waals surface area contributed by atoms with Gasteiger partial charge in [-0.3, -0.25) is 24.0 Å². The van der Waals surface area contributed by atoms with E-state index >= 15 is 0 Å². The first-order valence-electron chi connectivity index (χ1n) is 18.0. The van der Waals surface area contributed by atoms with Gasteiger partial charge in [0.15, 0.2) is 0 Å². The van der Waals surface area contributed by atoms with Crippen LogP contribution in [-0.4, -0.2) is 88.4 Å². The lowest BCUT2D eigenvalue weighted by molar-refractivity contribution is -0.132. The van der Waals surface area contributed by atoms with E-state index in [1.165, 1.54) is 19.3 Å². The van der Waals surface area contributed by atoms with Crippen molar-refractivity contribution in [2.45, 2.75) is 142 Å². The topological polar surface area (TPSA) is 170 Å². The van der Waals surface area contributed by atoms with E-state index in [0.29, 0.717) is 32.2 Å². The zero-order valence-corrected chi connectivity index (χ0v) is 29.5. The molecule has 5 amide bonds. The maximum atomic E-state index is 13.0. The Morgan fingerprint density at radius 2 is 0.891 bits per heavy atom. The van der Waals surface area contributed by atoms with Gasteiger partial charge < -0.3 is 37.2 Å². The lowest BCUT2D eigenvalue weighted by Crippen LogP contribution is -2.53. The van der Waals surface area contributed by atoms with Gasteiger partial charge in [-0.15, -0.1) is 0 Å². The summed E-state index contributed by atoms with van der Waals surface area (Å²) in [7, 11) is 3.72. The fourth-order valence-electron chi connectivity index (χ4n) is 5.02. The number of unbranched alkanes of at least 4 members (excludes halogenated alkanes) is 11. The largest absolute Gasteiger partial charge is 0.354 e. The zero-order chi connectivity index (χ0) is 34.3. The molecule has 0 aliphatic rings. The number of nitrogens with one attached hydrogen (secondary N) is 7. The minimum absolute atomic E-state index is 0.185. The lowest BCUT2D eigenvalue weighted by Gasteiger charge is -2.21. The fourth-order valence-corrected chi connectivity index (χ4v) is 5.02. The number of hydrogen-bond donors (Lipinski definition) is 7. The van der Waals surface area contributed by atoms with Gasteiger partial charge in [-0.05, 0) is 78.6 Å². The van der Waals surface area contributed by atoms with Crippen LogP contribution in [0.3, 0.4) is 0 Å². The molecule has 7 N–H and O–H groups in total. The van der Waals surface area contributed by atoms with E-state index in [4.69, 9.17) is 0 Å². The lowest BCUT2D eigenvalue weighted by atomic mass is 10.1. The highest BCUT2D eigenvalue weighted by Gasteiger charge is 2.23. The van der Waals surface area contributed by atoms with Gasteiger partial charge in [-0.2, -0.15) is 0 Å². The highest BCUT2D eigenvalue weighted by molar-refractivity contribution is 5.93. The zero-order valence-electron chi connectivity index (χ0n) is 29.5. The minimum atomic E-state index is -0.846. The summed E-state index contributed by atoms with van der Waals surface area (Å²) in [6, 6.07) is -1.53. The van der Waals surface area contributed by atoms with E-state index in [-0.39, 0.29) is 24.9 Å². The van der Waals surface area contributed by atoms with Crippen molar-refractivity contribution >= 4 is 29.5 Å². The highest BCUT2D eigenvalue weighted by Crippen LogP contribution is 2.06. The third kappa shape index (κ3) is 25.5. The van der Waals surface area contributed by atoms with E-state index in [9.17, 15) is 24.0 Å². The summed E-state index contributed by atoms with van der Waals surface area (Å²) in [6.45, 7) is 5.96. The monoisotopic (exact) mass is 654 g/mol. The Hall–Kier alpha value is -2.73. The second kappa shape index (κ2) is 30.9. The van der Waals surface area contributed by atoms with Gasteiger partial charge in [0.2, 0.25) is 29.5 Å². The Morgan fingerprint density at radius 3 is 1.41 bits per heavy atom. The molecule has 268 valence electrons. The summed E-state index contributed by atoms with van der Waals surface area (Å²) in [5.41, 5.74) is 0. The number of carbonyl (C=O) groups is 5. The Bertz CT molecular complexity index is 828. The van der Waals surface area contributed by atoms with Crippen LogP contribution in [0.1, 0.15) is 129 Å². The molecule has 2 unspecified atom stereocenters. The van der Waals surface area contributed by atoms with Gasteiger partial charge in [0, 0.05) is 13.0 Å². The second-order valence-corrected chi connectivity index (χ2v) is 12.2. The average Bonchev–Trinajstić information content (AvgIpc) is 3.04. The first kappa shape index (κ1) is 43.3. The molecule has 12 heteroatoms. The van der Waals surface area contributed by atoms with E-state index in [0.717, 1.165) is 83.7 Å². The van der Waals surface area contributed by atoms with Gasteiger partial charge in [-0.25, -0.2) is 0 Å². The number of hydrogen-bond acceptors (Lipinski definition) is 7. The Kier molecular flexibility index (Phi) is 29.1. The van der Waals surface area contributed by atoms with Crippen molar-refractivity contribution in [2.24, 2.45) is 0 Å². The quantitative estimate of drug-likeness (QED) is 0.0565. The van der Waals surface area contributed by atoms with Crippen LogP contribution in [0.25, 0.3) is 0 Å². The van der Waals surface area contributed by atoms with Gasteiger partial charge in [0.25, 0.3) is 0 Å². The molecule has 2 atom stereocenters. The van der Waals surface area contributed by atoms with Crippen molar-refractivity contribution in [1.29, 1.82) is 0 Å². The van der Waals surface area contributed by atoms with Crippen LogP contribution in [0, 0.1) is 0 Å². The molecule has 46 heavy (non-hydrogen) atoms. The molecule has 0 aliphatic carbocycles. The van der Waals surface area contributed by atoms with Crippen molar-refractivity contribution in [3.63, 3.8) is 0 Å². The molecule has 0 rings (SSSR count). The van der Waals surface area contributed by atoms with Crippen LogP contribution in [0.4, 0.5) is 0 Å². The first-order valence-corrected chi connectivity index (χ1v) is 18.0. The van der Waals surface area contributed by atoms with Gasteiger partial charge in [-0.1, -0.05) is 71.6 Å². The molecule has 12 nitrogen and oxygen atoms in total. The molecule has 0 aromatic heterocycles. The summed E-state index contributed by atoms with van der Waals surface area (Å²) in [4.78, 5) is 63.5. The van der Waals surface area contributed by atoms with Crippen LogP contribution in [0.2, 0.25) is 0 Å². The third-order valence-corrected chi connectivity index (χ3v) is 7.85. The Balaban J connectivity index is 4.92. The molecule has 0 saturated carbocycles. The molecular formula is C34H67N7O5. The predicted molar refractivity (Wildman–Crippen MR) is 185 cm³/mol. The van der Waals surface area contributed by atoms with Crippen LogP contribution < -0.4 is 37.2 Å². The molecule has 0 saturated heterocycles. The summed E-state index contributed by atoms with van der Waals surface area (Å²) in [5.74, 6) is -1.80. The normalized spacial score (nSPS) is 12.2. The number of carbonyl (C=O) groups excluding carboxylic acids is 5. The molecule has 0 spiro atoms. The van der Waals surface area contributed by atoms with Crippen molar-refractivity contribution in [1.82, 2.24) is 37.2 Å². The van der Waals surface area contributed by atoms with Crippen molar-refractivity contribution in [2.75, 3.05) is 46.8 Å². The molecule has 0 heterocycles. The number of amides is 5. The Labute approximate surface area is 278 Å². The molecule has 0 aromatic carbocycles. The van der Waals surface area contributed by atoms with Gasteiger partial charge in [0.05, 0.1) is 13.1 Å². The molecule has 0 aliphatic heterocycles. The van der Waals surface area contributed by atoms with Crippen LogP contribution in [0.5, 0.6) is 0 Å².